The van der Waals surface area contributed by atoms with E-state index < -0.39 is 0 Å². The average molecular weight is 194 g/mol. The third kappa shape index (κ3) is 2.69. The molecule has 0 saturated heterocycles. The van der Waals surface area contributed by atoms with Gasteiger partial charge in [0.25, 0.3) is 0 Å². The van der Waals surface area contributed by atoms with Crippen LogP contribution in [0.1, 0.15) is 12.8 Å². The van der Waals surface area contributed by atoms with Crippen LogP contribution in [0.5, 0.6) is 0 Å². The smallest absolute Gasteiger partial charge is 0.0166 e. The number of rotatable bonds is 7. The molecule has 0 spiro atoms. The predicted molar refractivity (Wildman–Crippen MR) is 62.4 cm³/mol. The standard InChI is InChI=1S/C12H22N2/c1-4-8-14(9-5-2)12-7-6-11(12)10-13-3/h4-5,11-13H,1-2,6-10H2,3H3. The van der Waals surface area contributed by atoms with Crippen molar-refractivity contribution in [1.82, 2.24) is 10.2 Å². The lowest BCUT2D eigenvalue weighted by Crippen LogP contribution is -2.50. The molecule has 0 aromatic rings. The van der Waals surface area contributed by atoms with E-state index in [1.807, 2.05) is 19.2 Å². The third-order valence-corrected chi connectivity index (χ3v) is 3.04. The second-order valence-electron chi connectivity index (χ2n) is 3.99. The van der Waals surface area contributed by atoms with Crippen molar-refractivity contribution in [2.24, 2.45) is 5.92 Å². The molecule has 1 rings (SSSR count). The van der Waals surface area contributed by atoms with Crippen molar-refractivity contribution >= 4 is 0 Å². The summed E-state index contributed by atoms with van der Waals surface area (Å²) in [6.45, 7) is 10.7. The SMILES string of the molecule is C=CCN(CC=C)C1CCC1CNC. The van der Waals surface area contributed by atoms with Gasteiger partial charge in [0.2, 0.25) is 0 Å². The zero-order valence-corrected chi connectivity index (χ0v) is 9.21. The molecule has 0 aromatic heterocycles. The fraction of sp³-hybridized carbons (Fsp3) is 0.667. The van der Waals surface area contributed by atoms with Gasteiger partial charge in [0.05, 0.1) is 0 Å². The van der Waals surface area contributed by atoms with Crippen LogP contribution in [0.15, 0.2) is 25.3 Å². The van der Waals surface area contributed by atoms with Crippen LogP contribution in [0, 0.1) is 5.92 Å². The minimum absolute atomic E-state index is 0.735. The second kappa shape index (κ2) is 5.99. The third-order valence-electron chi connectivity index (χ3n) is 3.04. The monoisotopic (exact) mass is 194 g/mol. The highest BCUT2D eigenvalue weighted by Crippen LogP contribution is 2.31. The van der Waals surface area contributed by atoms with E-state index in [9.17, 15) is 0 Å². The minimum atomic E-state index is 0.735. The van der Waals surface area contributed by atoms with Gasteiger partial charge < -0.3 is 5.32 Å². The second-order valence-corrected chi connectivity index (χ2v) is 3.99. The lowest BCUT2D eigenvalue weighted by molar-refractivity contribution is 0.0826. The van der Waals surface area contributed by atoms with Crippen LogP contribution in [-0.2, 0) is 0 Å². The molecule has 0 bridgehead atoms. The van der Waals surface area contributed by atoms with Crippen molar-refractivity contribution in [3.63, 3.8) is 0 Å². The van der Waals surface area contributed by atoms with Crippen LogP contribution in [0.4, 0.5) is 0 Å². The highest BCUT2D eigenvalue weighted by molar-refractivity contribution is 4.94. The molecular weight excluding hydrogens is 172 g/mol. The van der Waals surface area contributed by atoms with Gasteiger partial charge in [-0.3, -0.25) is 4.90 Å². The summed E-state index contributed by atoms with van der Waals surface area (Å²) in [5.41, 5.74) is 0. The Morgan fingerprint density at radius 2 is 1.93 bits per heavy atom. The fourth-order valence-corrected chi connectivity index (χ4v) is 2.21. The van der Waals surface area contributed by atoms with Crippen LogP contribution in [-0.4, -0.2) is 37.6 Å². The summed E-state index contributed by atoms with van der Waals surface area (Å²) in [6, 6.07) is 0.735. The van der Waals surface area contributed by atoms with Gasteiger partial charge in [-0.05, 0) is 32.4 Å². The largest absolute Gasteiger partial charge is 0.319 e. The zero-order chi connectivity index (χ0) is 10.4. The molecule has 14 heavy (non-hydrogen) atoms. The Bertz CT molecular complexity index is 179. The number of nitrogens with one attached hydrogen (secondary N) is 1. The summed E-state index contributed by atoms with van der Waals surface area (Å²) in [5, 5.41) is 3.26. The zero-order valence-electron chi connectivity index (χ0n) is 9.21. The highest BCUT2D eigenvalue weighted by atomic mass is 15.2. The molecule has 80 valence electrons. The van der Waals surface area contributed by atoms with Gasteiger partial charge in [-0.2, -0.15) is 0 Å². The maximum Gasteiger partial charge on any atom is 0.0166 e. The molecule has 2 nitrogen and oxygen atoms in total. The first-order valence-electron chi connectivity index (χ1n) is 5.44. The Morgan fingerprint density at radius 3 is 2.29 bits per heavy atom. The summed E-state index contributed by atoms with van der Waals surface area (Å²) in [6.07, 6.45) is 6.65. The quantitative estimate of drug-likeness (QED) is 0.620. The molecular formula is C12H22N2. The maximum atomic E-state index is 3.80. The molecule has 2 unspecified atom stereocenters. The summed E-state index contributed by atoms with van der Waals surface area (Å²) in [5.74, 6) is 0.819. The number of hydrogen-bond acceptors (Lipinski definition) is 2. The van der Waals surface area contributed by atoms with Gasteiger partial charge in [-0.25, -0.2) is 0 Å². The molecule has 1 fully saturated rings. The van der Waals surface area contributed by atoms with Crippen LogP contribution in [0.3, 0.4) is 0 Å². The van der Waals surface area contributed by atoms with Crippen LogP contribution >= 0.6 is 0 Å². The van der Waals surface area contributed by atoms with E-state index in [4.69, 9.17) is 0 Å². The van der Waals surface area contributed by atoms with Crippen molar-refractivity contribution in [2.45, 2.75) is 18.9 Å². The van der Waals surface area contributed by atoms with Crippen molar-refractivity contribution in [3.05, 3.63) is 25.3 Å². The first-order valence-corrected chi connectivity index (χ1v) is 5.44. The topological polar surface area (TPSA) is 15.3 Å². The van der Waals surface area contributed by atoms with E-state index in [1.54, 1.807) is 0 Å². The lowest BCUT2D eigenvalue weighted by Gasteiger charge is -2.44. The first kappa shape index (κ1) is 11.5. The molecule has 1 aliphatic carbocycles. The Morgan fingerprint density at radius 1 is 1.29 bits per heavy atom. The van der Waals surface area contributed by atoms with E-state index in [0.29, 0.717) is 0 Å². The normalized spacial score (nSPS) is 25.9. The molecule has 2 heteroatoms. The summed E-state index contributed by atoms with van der Waals surface area (Å²) in [7, 11) is 2.03. The van der Waals surface area contributed by atoms with E-state index in [0.717, 1.165) is 31.6 Å². The van der Waals surface area contributed by atoms with Crippen LogP contribution in [0.25, 0.3) is 0 Å². The summed E-state index contributed by atoms with van der Waals surface area (Å²) >= 11 is 0. The predicted octanol–water partition coefficient (Wildman–Crippen LogP) is 1.66. The van der Waals surface area contributed by atoms with Crippen LogP contribution in [0.2, 0.25) is 0 Å². The van der Waals surface area contributed by atoms with Crippen molar-refractivity contribution in [2.75, 3.05) is 26.7 Å². The Labute approximate surface area is 87.7 Å². The first-order chi connectivity index (χ1) is 6.83. The van der Waals surface area contributed by atoms with Crippen molar-refractivity contribution in [3.8, 4) is 0 Å². The lowest BCUT2D eigenvalue weighted by atomic mass is 9.78. The molecule has 1 aliphatic rings. The van der Waals surface area contributed by atoms with E-state index in [-0.39, 0.29) is 0 Å². The number of hydrogen-bond donors (Lipinski definition) is 1. The summed E-state index contributed by atoms with van der Waals surface area (Å²) in [4.78, 5) is 2.46. The molecule has 0 aromatic carbocycles. The Balaban J connectivity index is 2.41. The fourth-order valence-electron chi connectivity index (χ4n) is 2.21. The molecule has 0 radical (unpaired) electrons. The van der Waals surface area contributed by atoms with E-state index in [2.05, 4.69) is 23.4 Å². The minimum Gasteiger partial charge on any atom is -0.319 e. The van der Waals surface area contributed by atoms with E-state index >= 15 is 0 Å². The maximum absolute atomic E-state index is 3.80. The van der Waals surface area contributed by atoms with Gasteiger partial charge in [0, 0.05) is 19.1 Å². The van der Waals surface area contributed by atoms with Gasteiger partial charge in [-0.1, -0.05) is 12.2 Å². The molecule has 0 heterocycles. The van der Waals surface area contributed by atoms with Gasteiger partial charge >= 0.3 is 0 Å². The van der Waals surface area contributed by atoms with Crippen molar-refractivity contribution < 1.29 is 0 Å². The molecule has 0 aliphatic heterocycles. The molecule has 1 saturated carbocycles. The molecule has 1 N–H and O–H groups in total. The van der Waals surface area contributed by atoms with E-state index in [1.165, 1.54) is 12.8 Å². The van der Waals surface area contributed by atoms with Crippen LogP contribution < -0.4 is 5.32 Å². The van der Waals surface area contributed by atoms with Crippen molar-refractivity contribution in [1.29, 1.82) is 0 Å². The summed E-state index contributed by atoms with van der Waals surface area (Å²) < 4.78 is 0. The Kier molecular flexibility index (Phi) is 4.91. The van der Waals surface area contributed by atoms with Gasteiger partial charge in [-0.15, -0.1) is 13.2 Å². The van der Waals surface area contributed by atoms with Gasteiger partial charge in [0.1, 0.15) is 0 Å². The molecule has 2 atom stereocenters. The Hall–Kier alpha value is -0.600. The highest BCUT2D eigenvalue weighted by Gasteiger charge is 2.33. The average Bonchev–Trinajstić information content (AvgIpc) is 2.13. The number of nitrogens with zero attached hydrogens (tertiary/aromatic N) is 1. The molecule has 0 amide bonds. The van der Waals surface area contributed by atoms with Gasteiger partial charge in [0.15, 0.2) is 0 Å².